The summed E-state index contributed by atoms with van der Waals surface area (Å²) in [4.78, 5) is 9.23. The highest BCUT2D eigenvalue weighted by Crippen LogP contribution is 2.24. The summed E-state index contributed by atoms with van der Waals surface area (Å²) in [5, 5.41) is 0. The number of alkyl halides is 1. The van der Waals surface area contributed by atoms with E-state index in [2.05, 4.69) is 48.1 Å². The van der Waals surface area contributed by atoms with Crippen molar-refractivity contribution in [3.8, 4) is 28.3 Å². The molecule has 1 aromatic heterocycles. The third kappa shape index (κ3) is 12.2. The van der Waals surface area contributed by atoms with Crippen LogP contribution in [0.1, 0.15) is 116 Å². The third-order valence-electron chi connectivity index (χ3n) is 7.67. The minimum absolute atomic E-state index is 0.112. The molecule has 0 aliphatic rings. The average molecular weight is 547 g/mol. The van der Waals surface area contributed by atoms with Gasteiger partial charge in [-0.25, -0.2) is 14.4 Å². The second-order valence-corrected chi connectivity index (χ2v) is 11.2. The Kier molecular flexibility index (Phi) is 15.4. The van der Waals surface area contributed by atoms with Gasteiger partial charge in [0.05, 0.1) is 0 Å². The topological polar surface area (TPSA) is 35.0 Å². The molecule has 3 rings (SSSR count). The summed E-state index contributed by atoms with van der Waals surface area (Å²) >= 11 is 0. The first kappa shape index (κ1) is 31.8. The first-order valence-electron chi connectivity index (χ1n) is 16.0. The predicted octanol–water partition coefficient (Wildman–Crippen LogP) is 11.0. The van der Waals surface area contributed by atoms with E-state index in [1.807, 2.05) is 36.7 Å². The van der Waals surface area contributed by atoms with Crippen LogP contribution in [0.5, 0.6) is 5.75 Å². The van der Waals surface area contributed by atoms with Crippen molar-refractivity contribution >= 4 is 0 Å². The molecular formula is C36H51FN2O. The van der Waals surface area contributed by atoms with E-state index >= 15 is 0 Å². The monoisotopic (exact) mass is 546 g/mol. The fourth-order valence-corrected chi connectivity index (χ4v) is 5.07. The van der Waals surface area contributed by atoms with Crippen molar-refractivity contribution in [3.05, 3.63) is 66.5 Å². The fourth-order valence-electron chi connectivity index (χ4n) is 5.07. The summed E-state index contributed by atoms with van der Waals surface area (Å²) in [6.07, 6.45) is 22.6. The van der Waals surface area contributed by atoms with Crippen LogP contribution in [0, 0.1) is 0 Å². The lowest BCUT2D eigenvalue weighted by Gasteiger charge is -2.11. The van der Waals surface area contributed by atoms with E-state index in [1.54, 1.807) is 0 Å². The zero-order valence-electron chi connectivity index (χ0n) is 25.1. The van der Waals surface area contributed by atoms with Gasteiger partial charge in [0.25, 0.3) is 0 Å². The van der Waals surface area contributed by atoms with Crippen LogP contribution in [0.4, 0.5) is 4.39 Å². The van der Waals surface area contributed by atoms with E-state index in [-0.39, 0.29) is 6.61 Å². The Hall–Kier alpha value is -2.75. The molecule has 0 radical (unpaired) electrons. The summed E-state index contributed by atoms with van der Waals surface area (Å²) in [7, 11) is 0. The molecule has 2 aromatic carbocycles. The SMILES string of the molecule is CCCCCCCCCCCCc1ccc(-c2ncc(-c3ccc(OCC(F)CCCCCC)cc3)cn2)cc1. The minimum Gasteiger partial charge on any atom is -0.491 e. The summed E-state index contributed by atoms with van der Waals surface area (Å²) in [6.45, 7) is 4.55. The van der Waals surface area contributed by atoms with Crippen LogP contribution in [-0.2, 0) is 6.42 Å². The van der Waals surface area contributed by atoms with Gasteiger partial charge in [0.15, 0.2) is 5.82 Å². The molecule has 0 fully saturated rings. The number of rotatable bonds is 21. The summed E-state index contributed by atoms with van der Waals surface area (Å²) in [6, 6.07) is 16.4. The first-order chi connectivity index (χ1) is 19.7. The van der Waals surface area contributed by atoms with E-state index in [4.69, 9.17) is 4.74 Å². The van der Waals surface area contributed by atoms with Gasteiger partial charge in [-0.1, -0.05) is 134 Å². The number of hydrogen-bond acceptors (Lipinski definition) is 3. The average Bonchev–Trinajstić information content (AvgIpc) is 3.00. The lowest BCUT2D eigenvalue weighted by atomic mass is 10.0. The van der Waals surface area contributed by atoms with Gasteiger partial charge < -0.3 is 4.74 Å². The highest BCUT2D eigenvalue weighted by atomic mass is 19.1. The van der Waals surface area contributed by atoms with Crippen LogP contribution in [0.3, 0.4) is 0 Å². The maximum atomic E-state index is 14.1. The quantitative estimate of drug-likeness (QED) is 0.125. The Balaban J connectivity index is 1.37. The van der Waals surface area contributed by atoms with Gasteiger partial charge in [0.1, 0.15) is 18.5 Å². The summed E-state index contributed by atoms with van der Waals surface area (Å²) < 4.78 is 19.7. The molecule has 3 aromatic rings. The normalized spacial score (nSPS) is 12.0. The first-order valence-corrected chi connectivity index (χ1v) is 16.0. The van der Waals surface area contributed by atoms with Crippen molar-refractivity contribution in [1.82, 2.24) is 9.97 Å². The largest absolute Gasteiger partial charge is 0.491 e. The van der Waals surface area contributed by atoms with E-state index in [0.29, 0.717) is 12.2 Å². The minimum atomic E-state index is -0.911. The molecule has 1 heterocycles. The molecule has 0 aliphatic carbocycles. The number of benzene rings is 2. The molecule has 4 heteroatoms. The maximum absolute atomic E-state index is 14.1. The van der Waals surface area contributed by atoms with Crippen molar-refractivity contribution in [2.75, 3.05) is 6.61 Å². The molecule has 0 aliphatic heterocycles. The summed E-state index contributed by atoms with van der Waals surface area (Å²) in [5.74, 6) is 1.43. The number of aromatic nitrogens is 2. The van der Waals surface area contributed by atoms with Crippen molar-refractivity contribution < 1.29 is 9.13 Å². The highest BCUT2D eigenvalue weighted by molar-refractivity contribution is 5.64. The van der Waals surface area contributed by atoms with E-state index in [9.17, 15) is 4.39 Å². The molecule has 0 saturated carbocycles. The molecule has 3 nitrogen and oxygen atoms in total. The molecule has 1 atom stereocenters. The lowest BCUT2D eigenvalue weighted by Crippen LogP contribution is -2.12. The third-order valence-corrected chi connectivity index (χ3v) is 7.67. The Bertz CT molecular complexity index is 1030. The van der Waals surface area contributed by atoms with Gasteiger partial charge in [0.2, 0.25) is 0 Å². The number of unbranched alkanes of at least 4 members (excludes halogenated alkanes) is 12. The smallest absolute Gasteiger partial charge is 0.159 e. The molecule has 40 heavy (non-hydrogen) atoms. The lowest BCUT2D eigenvalue weighted by molar-refractivity contribution is 0.184. The van der Waals surface area contributed by atoms with Crippen LogP contribution in [0.25, 0.3) is 22.5 Å². The molecule has 0 saturated heterocycles. The van der Waals surface area contributed by atoms with Crippen LogP contribution >= 0.6 is 0 Å². The number of nitrogens with zero attached hydrogens (tertiary/aromatic N) is 2. The molecule has 1 unspecified atom stereocenters. The molecule has 0 spiro atoms. The Morgan fingerprint density at radius 2 is 1.12 bits per heavy atom. The van der Waals surface area contributed by atoms with E-state index in [0.717, 1.165) is 41.8 Å². The standard InChI is InChI=1S/C36H51FN2O/c1-3-5-7-9-10-11-12-13-14-15-17-30-19-21-32(22-20-30)36-38-27-33(28-39-36)31-23-25-35(26-24-31)40-29-34(37)18-16-8-6-4-2/h19-28,34H,3-18,29H2,1-2H3. The Morgan fingerprint density at radius 3 is 1.73 bits per heavy atom. The van der Waals surface area contributed by atoms with Crippen LogP contribution in [0.15, 0.2) is 60.9 Å². The molecule has 0 N–H and O–H groups in total. The van der Waals surface area contributed by atoms with Gasteiger partial charge in [0, 0.05) is 23.5 Å². The number of aryl methyl sites for hydroxylation is 1. The van der Waals surface area contributed by atoms with Gasteiger partial charge >= 0.3 is 0 Å². The van der Waals surface area contributed by atoms with Crippen molar-refractivity contribution in [3.63, 3.8) is 0 Å². The van der Waals surface area contributed by atoms with Gasteiger partial charge in [-0.3, -0.25) is 0 Å². The fraction of sp³-hybridized carbons (Fsp3) is 0.556. The second kappa shape index (κ2) is 19.3. The van der Waals surface area contributed by atoms with Gasteiger partial charge in [-0.2, -0.15) is 0 Å². The molecule has 0 amide bonds. The van der Waals surface area contributed by atoms with Crippen LogP contribution in [-0.4, -0.2) is 22.7 Å². The number of hydrogen-bond donors (Lipinski definition) is 0. The number of halogens is 1. The molecular weight excluding hydrogens is 495 g/mol. The van der Waals surface area contributed by atoms with Gasteiger partial charge in [-0.15, -0.1) is 0 Å². The zero-order valence-corrected chi connectivity index (χ0v) is 25.1. The van der Waals surface area contributed by atoms with Crippen LogP contribution in [0.2, 0.25) is 0 Å². The van der Waals surface area contributed by atoms with Crippen molar-refractivity contribution in [2.45, 2.75) is 123 Å². The van der Waals surface area contributed by atoms with E-state index < -0.39 is 6.17 Å². The molecule has 0 bridgehead atoms. The Labute approximate surface area is 243 Å². The predicted molar refractivity (Wildman–Crippen MR) is 168 cm³/mol. The van der Waals surface area contributed by atoms with E-state index in [1.165, 1.54) is 82.6 Å². The van der Waals surface area contributed by atoms with Crippen LogP contribution < -0.4 is 4.74 Å². The highest BCUT2D eigenvalue weighted by Gasteiger charge is 2.08. The van der Waals surface area contributed by atoms with Crippen molar-refractivity contribution in [1.29, 1.82) is 0 Å². The molecule has 218 valence electrons. The Morgan fingerprint density at radius 1 is 0.600 bits per heavy atom. The zero-order chi connectivity index (χ0) is 28.3. The second-order valence-electron chi connectivity index (χ2n) is 11.2. The maximum Gasteiger partial charge on any atom is 0.159 e. The van der Waals surface area contributed by atoms with Gasteiger partial charge in [-0.05, 0) is 42.5 Å². The summed E-state index contributed by atoms with van der Waals surface area (Å²) in [5.41, 5.74) is 4.39. The number of ether oxygens (including phenoxy) is 1. The van der Waals surface area contributed by atoms with Crippen molar-refractivity contribution in [2.24, 2.45) is 0 Å².